The lowest BCUT2D eigenvalue weighted by Gasteiger charge is -2.24. The summed E-state index contributed by atoms with van der Waals surface area (Å²) in [5, 5.41) is 7.73. The maximum absolute atomic E-state index is 11.8. The zero-order chi connectivity index (χ0) is 12.0. The second kappa shape index (κ2) is 3.57. The maximum atomic E-state index is 11.8. The van der Waals surface area contributed by atoms with Crippen LogP contribution in [0, 0.1) is 0 Å². The molecule has 5 heteroatoms. The van der Waals surface area contributed by atoms with Crippen molar-refractivity contribution in [3.05, 3.63) is 17.0 Å². The summed E-state index contributed by atoms with van der Waals surface area (Å²) in [6.45, 7) is 3.93. The molecule has 2 heterocycles. The van der Waals surface area contributed by atoms with Crippen molar-refractivity contribution in [1.82, 2.24) is 15.1 Å². The van der Waals surface area contributed by atoms with Gasteiger partial charge in [-0.25, -0.2) is 4.79 Å². The Morgan fingerprint density at radius 1 is 1.59 bits per heavy atom. The van der Waals surface area contributed by atoms with Crippen LogP contribution in [0.15, 0.2) is 0 Å². The van der Waals surface area contributed by atoms with Crippen molar-refractivity contribution in [2.75, 3.05) is 13.2 Å². The van der Waals surface area contributed by atoms with Crippen LogP contribution in [0.2, 0.25) is 0 Å². The molecule has 0 unspecified atom stereocenters. The second-order valence-electron chi connectivity index (χ2n) is 4.90. The fraction of sp³-hybridized carbons (Fsp3) is 0.667. The molecule has 1 spiro atoms. The van der Waals surface area contributed by atoms with E-state index in [9.17, 15) is 4.79 Å². The van der Waals surface area contributed by atoms with Crippen molar-refractivity contribution in [2.45, 2.75) is 31.7 Å². The van der Waals surface area contributed by atoms with E-state index in [0.717, 1.165) is 18.7 Å². The Balaban J connectivity index is 2.05. The number of hydrogen-bond donors (Lipinski definition) is 1. The topological polar surface area (TPSA) is 56.1 Å². The predicted molar refractivity (Wildman–Crippen MR) is 61.8 cm³/mol. The number of nitrogens with zero attached hydrogens (tertiary/aromatic N) is 2. The van der Waals surface area contributed by atoms with Gasteiger partial charge in [0.2, 0.25) is 0 Å². The van der Waals surface area contributed by atoms with E-state index in [0.29, 0.717) is 12.3 Å². The first kappa shape index (κ1) is 10.8. The number of aromatic nitrogens is 2. The highest BCUT2D eigenvalue weighted by molar-refractivity contribution is 5.89. The lowest BCUT2D eigenvalue weighted by Crippen LogP contribution is -2.35. The van der Waals surface area contributed by atoms with Crippen LogP contribution >= 0.6 is 0 Å². The zero-order valence-corrected chi connectivity index (χ0v) is 10.2. The Kier molecular flexibility index (Phi) is 2.26. The molecule has 1 N–H and O–H groups in total. The number of aryl methyl sites for hydroxylation is 1. The van der Waals surface area contributed by atoms with Gasteiger partial charge in [0.1, 0.15) is 0 Å². The number of carbonyl (C=O) groups excluding carboxylic acids is 1. The lowest BCUT2D eigenvalue weighted by molar-refractivity contribution is 0.0517. The number of hydrogen-bond acceptors (Lipinski definition) is 4. The molecule has 0 bridgehead atoms. The second-order valence-corrected chi connectivity index (χ2v) is 4.90. The van der Waals surface area contributed by atoms with Crippen LogP contribution in [-0.2, 0) is 23.7 Å². The van der Waals surface area contributed by atoms with Gasteiger partial charge in [-0.1, -0.05) is 0 Å². The zero-order valence-electron chi connectivity index (χ0n) is 10.2. The fourth-order valence-electron chi connectivity index (χ4n) is 2.84. The van der Waals surface area contributed by atoms with Gasteiger partial charge in [-0.3, -0.25) is 4.68 Å². The highest BCUT2D eigenvalue weighted by atomic mass is 16.5. The first-order valence-electron chi connectivity index (χ1n) is 6.12. The van der Waals surface area contributed by atoms with Gasteiger partial charge in [-0.15, -0.1) is 0 Å². The molecule has 1 aromatic heterocycles. The molecule has 92 valence electrons. The van der Waals surface area contributed by atoms with E-state index < -0.39 is 0 Å². The highest BCUT2D eigenvalue weighted by Gasteiger charge is 2.50. The average Bonchev–Trinajstić information content (AvgIpc) is 2.96. The summed E-state index contributed by atoms with van der Waals surface area (Å²) in [6, 6.07) is 0. The summed E-state index contributed by atoms with van der Waals surface area (Å²) >= 11 is 0. The van der Waals surface area contributed by atoms with Crippen LogP contribution < -0.4 is 5.32 Å². The van der Waals surface area contributed by atoms with Crippen molar-refractivity contribution in [2.24, 2.45) is 7.05 Å². The van der Waals surface area contributed by atoms with Crippen LogP contribution in [0.4, 0.5) is 0 Å². The van der Waals surface area contributed by atoms with Crippen molar-refractivity contribution in [3.63, 3.8) is 0 Å². The summed E-state index contributed by atoms with van der Waals surface area (Å²) in [7, 11) is 1.92. The van der Waals surface area contributed by atoms with Gasteiger partial charge in [-0.2, -0.15) is 5.10 Å². The summed E-state index contributed by atoms with van der Waals surface area (Å²) in [5.41, 5.74) is 3.00. The molecule has 5 nitrogen and oxygen atoms in total. The SMILES string of the molecule is CCOC(=O)c1nn(C)c2c1CNCC21CC1. The molecule has 1 saturated carbocycles. The van der Waals surface area contributed by atoms with Gasteiger partial charge < -0.3 is 10.1 Å². The Hall–Kier alpha value is -1.36. The molecule has 0 amide bonds. The first-order valence-corrected chi connectivity index (χ1v) is 6.12. The molecule has 2 aliphatic rings. The van der Waals surface area contributed by atoms with Gasteiger partial charge in [-0.05, 0) is 19.8 Å². The number of carbonyl (C=O) groups is 1. The monoisotopic (exact) mass is 235 g/mol. The molecule has 1 aliphatic heterocycles. The van der Waals surface area contributed by atoms with Crippen molar-refractivity contribution >= 4 is 5.97 Å². The van der Waals surface area contributed by atoms with E-state index in [1.807, 2.05) is 18.7 Å². The number of esters is 1. The van der Waals surface area contributed by atoms with Crippen LogP contribution in [0.1, 0.15) is 41.5 Å². The van der Waals surface area contributed by atoms with Crippen molar-refractivity contribution in [1.29, 1.82) is 0 Å². The Bertz CT molecular complexity index is 474. The molecule has 1 aromatic rings. The number of rotatable bonds is 2. The molecule has 0 radical (unpaired) electrons. The molecular formula is C12H17N3O2. The van der Waals surface area contributed by atoms with Crippen molar-refractivity contribution in [3.8, 4) is 0 Å². The molecular weight excluding hydrogens is 218 g/mol. The maximum Gasteiger partial charge on any atom is 0.359 e. The Labute approximate surface area is 100 Å². The third kappa shape index (κ3) is 1.49. The minimum atomic E-state index is -0.302. The number of fused-ring (bicyclic) bond motifs is 2. The number of ether oxygens (including phenoxy) is 1. The van der Waals surface area contributed by atoms with Gasteiger partial charge in [0.15, 0.2) is 5.69 Å². The van der Waals surface area contributed by atoms with Gasteiger partial charge in [0.05, 0.1) is 12.3 Å². The molecule has 0 atom stereocenters. The highest BCUT2D eigenvalue weighted by Crippen LogP contribution is 2.50. The van der Waals surface area contributed by atoms with Crippen LogP contribution in [0.25, 0.3) is 0 Å². The van der Waals surface area contributed by atoms with Crippen LogP contribution in [-0.4, -0.2) is 28.9 Å². The normalized spacial score (nSPS) is 20.1. The van der Waals surface area contributed by atoms with E-state index in [1.165, 1.54) is 18.5 Å². The molecule has 1 fully saturated rings. The Morgan fingerprint density at radius 3 is 3.00 bits per heavy atom. The standard InChI is InChI=1S/C12H17N3O2/c1-3-17-11(16)9-8-6-13-7-12(4-5-12)10(8)15(2)14-9/h13H,3-7H2,1-2H3. The van der Waals surface area contributed by atoms with Gasteiger partial charge >= 0.3 is 5.97 Å². The molecule has 3 rings (SSSR count). The van der Waals surface area contributed by atoms with Crippen LogP contribution in [0.3, 0.4) is 0 Å². The van der Waals surface area contributed by atoms with Gasteiger partial charge in [0, 0.05) is 31.1 Å². The van der Waals surface area contributed by atoms with E-state index >= 15 is 0 Å². The van der Waals surface area contributed by atoms with E-state index in [-0.39, 0.29) is 11.4 Å². The Morgan fingerprint density at radius 2 is 2.35 bits per heavy atom. The third-order valence-electron chi connectivity index (χ3n) is 3.74. The molecule has 17 heavy (non-hydrogen) atoms. The average molecular weight is 235 g/mol. The molecule has 0 saturated heterocycles. The smallest absolute Gasteiger partial charge is 0.359 e. The van der Waals surface area contributed by atoms with Gasteiger partial charge in [0.25, 0.3) is 0 Å². The van der Waals surface area contributed by atoms with E-state index in [1.54, 1.807) is 0 Å². The van der Waals surface area contributed by atoms with E-state index in [2.05, 4.69) is 10.4 Å². The van der Waals surface area contributed by atoms with Crippen molar-refractivity contribution < 1.29 is 9.53 Å². The minimum absolute atomic E-state index is 0.236. The predicted octanol–water partition coefficient (Wildman–Crippen LogP) is 0.732. The largest absolute Gasteiger partial charge is 0.461 e. The third-order valence-corrected chi connectivity index (χ3v) is 3.74. The summed E-state index contributed by atoms with van der Waals surface area (Å²) in [5.74, 6) is -0.302. The number of nitrogens with one attached hydrogen (secondary N) is 1. The summed E-state index contributed by atoms with van der Waals surface area (Å²) in [6.07, 6.45) is 2.38. The summed E-state index contributed by atoms with van der Waals surface area (Å²) < 4.78 is 6.92. The van der Waals surface area contributed by atoms with Crippen LogP contribution in [0.5, 0.6) is 0 Å². The lowest BCUT2D eigenvalue weighted by atomic mass is 9.93. The molecule has 1 aliphatic carbocycles. The fourth-order valence-corrected chi connectivity index (χ4v) is 2.84. The first-order chi connectivity index (χ1) is 8.18. The minimum Gasteiger partial charge on any atom is -0.461 e. The quantitative estimate of drug-likeness (QED) is 0.768. The molecule has 0 aromatic carbocycles. The summed E-state index contributed by atoms with van der Waals surface area (Å²) in [4.78, 5) is 11.8. The van der Waals surface area contributed by atoms with E-state index in [4.69, 9.17) is 4.74 Å².